The van der Waals surface area contributed by atoms with E-state index in [2.05, 4.69) is 64.2 Å². The summed E-state index contributed by atoms with van der Waals surface area (Å²) in [5.74, 6) is 0. The van der Waals surface area contributed by atoms with Gasteiger partial charge in [-0.15, -0.1) is 0 Å². The molecule has 1 aromatic carbocycles. The van der Waals surface area contributed by atoms with Gasteiger partial charge in [0, 0.05) is 30.9 Å². The topological polar surface area (TPSA) is 34.8 Å². The summed E-state index contributed by atoms with van der Waals surface area (Å²) < 4.78 is 4.27. The largest absolute Gasteiger partial charge is 0.348 e. The van der Waals surface area contributed by atoms with Crippen molar-refractivity contribution in [1.82, 2.24) is 19.7 Å². The van der Waals surface area contributed by atoms with Crippen LogP contribution in [0.5, 0.6) is 0 Å². The van der Waals surface area contributed by atoms with Crippen molar-refractivity contribution >= 4 is 10.9 Å². The van der Waals surface area contributed by atoms with E-state index < -0.39 is 0 Å². The molecule has 104 valence electrons. The third-order valence-electron chi connectivity index (χ3n) is 3.56. The van der Waals surface area contributed by atoms with Crippen molar-refractivity contribution in [3.8, 4) is 0 Å². The first-order valence-electron chi connectivity index (χ1n) is 7.05. The number of fused-ring (bicyclic) bond motifs is 1. The van der Waals surface area contributed by atoms with E-state index in [0.717, 1.165) is 25.3 Å². The summed E-state index contributed by atoms with van der Waals surface area (Å²) in [7, 11) is 1.97. The monoisotopic (exact) mass is 268 g/mol. The molecule has 2 heterocycles. The van der Waals surface area contributed by atoms with Gasteiger partial charge in [-0.2, -0.15) is 5.10 Å². The number of para-hydroxylation sites is 1. The Balaban J connectivity index is 1.93. The Morgan fingerprint density at radius 1 is 1.20 bits per heavy atom. The van der Waals surface area contributed by atoms with Crippen molar-refractivity contribution in [2.24, 2.45) is 0 Å². The summed E-state index contributed by atoms with van der Waals surface area (Å²) in [6, 6.07) is 10.6. The third-order valence-corrected chi connectivity index (χ3v) is 3.56. The van der Waals surface area contributed by atoms with E-state index in [0.29, 0.717) is 0 Å². The maximum Gasteiger partial charge on any atom is 0.0900 e. The maximum absolute atomic E-state index is 4.74. The molecule has 1 N–H and O–H groups in total. The van der Waals surface area contributed by atoms with Crippen LogP contribution in [0.2, 0.25) is 0 Å². The number of nitrogens with one attached hydrogen (secondary N) is 1. The Morgan fingerprint density at radius 3 is 2.85 bits per heavy atom. The summed E-state index contributed by atoms with van der Waals surface area (Å²) >= 11 is 0. The summed E-state index contributed by atoms with van der Waals surface area (Å²) in [6.07, 6.45) is 4.29. The van der Waals surface area contributed by atoms with Crippen molar-refractivity contribution in [2.45, 2.75) is 26.6 Å². The van der Waals surface area contributed by atoms with Crippen LogP contribution in [0.15, 0.2) is 42.7 Å². The lowest BCUT2D eigenvalue weighted by atomic mass is 10.2. The van der Waals surface area contributed by atoms with E-state index in [4.69, 9.17) is 5.10 Å². The fourth-order valence-electron chi connectivity index (χ4n) is 2.62. The predicted molar refractivity (Wildman–Crippen MR) is 81.7 cm³/mol. The summed E-state index contributed by atoms with van der Waals surface area (Å²) in [6.45, 7) is 4.75. The fraction of sp³-hybridized carbons (Fsp3) is 0.312. The van der Waals surface area contributed by atoms with Gasteiger partial charge in [0.25, 0.3) is 0 Å². The van der Waals surface area contributed by atoms with Crippen molar-refractivity contribution in [2.75, 3.05) is 7.05 Å². The Labute approximate surface area is 119 Å². The maximum atomic E-state index is 4.74. The molecule has 2 aromatic heterocycles. The molecule has 0 aliphatic heterocycles. The minimum absolute atomic E-state index is 0.817. The molecule has 0 atom stereocenters. The average molecular weight is 268 g/mol. The van der Waals surface area contributed by atoms with Crippen LogP contribution < -0.4 is 5.32 Å². The molecule has 0 aliphatic rings. The highest BCUT2D eigenvalue weighted by Gasteiger charge is 2.09. The van der Waals surface area contributed by atoms with Gasteiger partial charge in [0.2, 0.25) is 0 Å². The van der Waals surface area contributed by atoms with Crippen LogP contribution in [0.4, 0.5) is 0 Å². The molecule has 0 radical (unpaired) electrons. The molecule has 0 bridgehead atoms. The van der Waals surface area contributed by atoms with Gasteiger partial charge in [0.1, 0.15) is 0 Å². The van der Waals surface area contributed by atoms with E-state index in [9.17, 15) is 0 Å². The molecule has 4 nitrogen and oxygen atoms in total. The van der Waals surface area contributed by atoms with Crippen molar-refractivity contribution in [3.05, 3.63) is 54.0 Å². The molecule has 4 heteroatoms. The highest BCUT2D eigenvalue weighted by atomic mass is 15.3. The Kier molecular flexibility index (Phi) is 3.56. The predicted octanol–water partition coefficient (Wildman–Crippen LogP) is 2.63. The zero-order valence-electron chi connectivity index (χ0n) is 12.0. The van der Waals surface area contributed by atoms with Crippen molar-refractivity contribution in [1.29, 1.82) is 0 Å². The molecule has 0 unspecified atom stereocenters. The van der Waals surface area contributed by atoms with E-state index in [1.165, 1.54) is 16.5 Å². The number of aromatic nitrogens is 3. The minimum atomic E-state index is 0.817. The highest BCUT2D eigenvalue weighted by Crippen LogP contribution is 2.19. The van der Waals surface area contributed by atoms with Gasteiger partial charge in [-0.1, -0.05) is 18.2 Å². The SMILES string of the molecule is CCn1nc(Cn2ccc(CNC)c2)c2ccccc21. The van der Waals surface area contributed by atoms with Gasteiger partial charge in [-0.3, -0.25) is 4.68 Å². The molecule has 0 aliphatic carbocycles. The Bertz CT molecular complexity index is 708. The first kappa shape index (κ1) is 12.9. The molecule has 0 spiro atoms. The summed E-state index contributed by atoms with van der Waals surface area (Å²) in [5.41, 5.74) is 3.65. The first-order chi connectivity index (χ1) is 9.81. The average Bonchev–Trinajstić information content (AvgIpc) is 3.05. The number of hydrogen-bond donors (Lipinski definition) is 1. The van der Waals surface area contributed by atoms with Crippen molar-refractivity contribution in [3.63, 3.8) is 0 Å². The zero-order chi connectivity index (χ0) is 13.9. The molecule has 0 amide bonds. The van der Waals surface area contributed by atoms with E-state index in [1.54, 1.807) is 0 Å². The second kappa shape index (κ2) is 5.51. The zero-order valence-corrected chi connectivity index (χ0v) is 12.0. The van der Waals surface area contributed by atoms with Crippen LogP contribution in [0.1, 0.15) is 18.2 Å². The fourth-order valence-corrected chi connectivity index (χ4v) is 2.62. The number of hydrogen-bond acceptors (Lipinski definition) is 2. The van der Waals surface area contributed by atoms with Crippen LogP contribution >= 0.6 is 0 Å². The number of nitrogens with zero attached hydrogens (tertiary/aromatic N) is 3. The van der Waals surface area contributed by atoms with Crippen molar-refractivity contribution < 1.29 is 0 Å². The van der Waals surface area contributed by atoms with Crippen LogP contribution in [0, 0.1) is 0 Å². The lowest BCUT2D eigenvalue weighted by molar-refractivity contribution is 0.653. The van der Waals surface area contributed by atoms with Crippen LogP contribution in [-0.2, 0) is 19.6 Å². The van der Waals surface area contributed by atoms with Gasteiger partial charge in [0.05, 0.1) is 17.8 Å². The lowest BCUT2D eigenvalue weighted by Gasteiger charge is -2.00. The van der Waals surface area contributed by atoms with Gasteiger partial charge in [-0.05, 0) is 31.7 Å². The first-order valence-corrected chi connectivity index (χ1v) is 7.05. The van der Waals surface area contributed by atoms with Gasteiger partial charge < -0.3 is 9.88 Å². The molecule has 0 saturated carbocycles. The molecule has 0 fully saturated rings. The van der Waals surface area contributed by atoms with Crippen LogP contribution in [0.25, 0.3) is 10.9 Å². The molecular weight excluding hydrogens is 248 g/mol. The number of benzene rings is 1. The standard InChI is InChI=1S/C16H20N4/c1-3-20-16-7-5-4-6-14(16)15(18-20)12-19-9-8-13(11-19)10-17-2/h4-9,11,17H,3,10,12H2,1-2H3. The molecule has 20 heavy (non-hydrogen) atoms. The number of rotatable bonds is 5. The normalized spacial score (nSPS) is 11.3. The molecular formula is C16H20N4. The Hall–Kier alpha value is -2.07. The van der Waals surface area contributed by atoms with Gasteiger partial charge in [-0.25, -0.2) is 0 Å². The third kappa shape index (κ3) is 2.34. The van der Waals surface area contributed by atoms with Crippen LogP contribution in [-0.4, -0.2) is 21.4 Å². The van der Waals surface area contributed by atoms with Crippen LogP contribution in [0.3, 0.4) is 0 Å². The lowest BCUT2D eigenvalue weighted by Crippen LogP contribution is -2.04. The van der Waals surface area contributed by atoms with Gasteiger partial charge >= 0.3 is 0 Å². The van der Waals surface area contributed by atoms with Gasteiger partial charge in [0.15, 0.2) is 0 Å². The number of aryl methyl sites for hydroxylation is 1. The second-order valence-electron chi connectivity index (χ2n) is 5.00. The quantitative estimate of drug-likeness (QED) is 0.772. The minimum Gasteiger partial charge on any atom is -0.348 e. The van der Waals surface area contributed by atoms with E-state index >= 15 is 0 Å². The smallest absolute Gasteiger partial charge is 0.0900 e. The highest BCUT2D eigenvalue weighted by molar-refractivity contribution is 5.81. The second-order valence-corrected chi connectivity index (χ2v) is 5.00. The summed E-state index contributed by atoms with van der Waals surface area (Å²) in [5, 5.41) is 9.16. The van der Waals surface area contributed by atoms with E-state index in [-0.39, 0.29) is 0 Å². The molecule has 3 rings (SSSR count). The molecule has 0 saturated heterocycles. The Morgan fingerprint density at radius 2 is 2.05 bits per heavy atom. The summed E-state index contributed by atoms with van der Waals surface area (Å²) in [4.78, 5) is 0. The van der Waals surface area contributed by atoms with E-state index in [1.807, 2.05) is 7.05 Å². The molecule has 3 aromatic rings.